The number of nitro benzene ring substituents is 1. The summed E-state index contributed by atoms with van der Waals surface area (Å²) in [4.78, 5) is 10.0. The molecule has 92 valence electrons. The third kappa shape index (κ3) is 2.27. The summed E-state index contributed by atoms with van der Waals surface area (Å²) in [6.07, 6.45) is 0. The molecular formula is C12H8F2N2O2. The highest BCUT2D eigenvalue weighted by Crippen LogP contribution is 2.30. The number of nitrogens with one attached hydrogen (secondary N) is 1. The zero-order valence-electron chi connectivity index (χ0n) is 9.06. The van der Waals surface area contributed by atoms with E-state index in [4.69, 9.17) is 0 Å². The number of hydrogen-bond acceptors (Lipinski definition) is 3. The van der Waals surface area contributed by atoms with Gasteiger partial charge in [-0.05, 0) is 18.2 Å². The van der Waals surface area contributed by atoms with Gasteiger partial charge in [-0.1, -0.05) is 18.2 Å². The van der Waals surface area contributed by atoms with Gasteiger partial charge in [0.25, 0.3) is 5.69 Å². The minimum atomic E-state index is -0.813. The molecule has 4 nitrogen and oxygen atoms in total. The third-order valence-corrected chi connectivity index (χ3v) is 2.32. The monoisotopic (exact) mass is 250 g/mol. The van der Waals surface area contributed by atoms with Crippen molar-refractivity contribution in [1.82, 2.24) is 0 Å². The van der Waals surface area contributed by atoms with E-state index < -0.39 is 22.2 Å². The number of nitrogens with zero attached hydrogens (tertiary/aromatic N) is 1. The summed E-state index contributed by atoms with van der Waals surface area (Å²) in [6, 6.07) is 8.98. The molecule has 0 aliphatic carbocycles. The van der Waals surface area contributed by atoms with Crippen LogP contribution in [0.25, 0.3) is 0 Å². The highest BCUT2D eigenvalue weighted by atomic mass is 19.1. The number of anilines is 2. The van der Waals surface area contributed by atoms with E-state index in [0.717, 1.165) is 12.1 Å². The first-order chi connectivity index (χ1) is 8.59. The summed E-state index contributed by atoms with van der Waals surface area (Å²) in [5.74, 6) is -1.43. The molecule has 2 aromatic rings. The molecule has 0 saturated heterocycles. The van der Waals surface area contributed by atoms with E-state index in [1.807, 2.05) is 0 Å². The van der Waals surface area contributed by atoms with Gasteiger partial charge < -0.3 is 5.32 Å². The Kier molecular flexibility index (Phi) is 3.18. The molecular weight excluding hydrogens is 242 g/mol. The van der Waals surface area contributed by atoms with Gasteiger partial charge in [0.2, 0.25) is 0 Å². The summed E-state index contributed by atoms with van der Waals surface area (Å²) >= 11 is 0. The average Bonchev–Trinajstić information content (AvgIpc) is 2.34. The lowest BCUT2D eigenvalue weighted by Gasteiger charge is -2.08. The van der Waals surface area contributed by atoms with Crippen LogP contribution in [0.5, 0.6) is 0 Å². The SMILES string of the molecule is O=[N+]([O-])c1cccc(F)c1Nc1ccccc1F. The first-order valence-corrected chi connectivity index (χ1v) is 5.04. The van der Waals surface area contributed by atoms with Crippen LogP contribution in [0.3, 0.4) is 0 Å². The van der Waals surface area contributed by atoms with Gasteiger partial charge in [0.1, 0.15) is 5.82 Å². The van der Waals surface area contributed by atoms with E-state index in [-0.39, 0.29) is 11.4 Å². The molecule has 18 heavy (non-hydrogen) atoms. The van der Waals surface area contributed by atoms with Gasteiger partial charge >= 0.3 is 0 Å². The standard InChI is InChI=1S/C12H8F2N2O2/c13-8-4-1-2-6-10(8)15-12-9(14)5-3-7-11(12)16(17)18/h1-7,15H. The minimum Gasteiger partial charge on any atom is -0.345 e. The quantitative estimate of drug-likeness (QED) is 0.668. The van der Waals surface area contributed by atoms with E-state index in [9.17, 15) is 18.9 Å². The van der Waals surface area contributed by atoms with Crippen LogP contribution in [0.15, 0.2) is 42.5 Å². The maximum Gasteiger partial charge on any atom is 0.295 e. The molecule has 0 heterocycles. The average molecular weight is 250 g/mol. The van der Waals surface area contributed by atoms with Crippen LogP contribution in [-0.2, 0) is 0 Å². The number of halogens is 2. The van der Waals surface area contributed by atoms with Gasteiger partial charge in [0.05, 0.1) is 10.6 Å². The molecule has 2 rings (SSSR count). The molecule has 0 fully saturated rings. The summed E-state index contributed by atoms with van der Waals surface area (Å²) in [5.41, 5.74) is -0.823. The maximum absolute atomic E-state index is 13.5. The zero-order chi connectivity index (χ0) is 13.1. The lowest BCUT2D eigenvalue weighted by atomic mass is 10.2. The topological polar surface area (TPSA) is 55.2 Å². The fourth-order valence-corrected chi connectivity index (χ4v) is 1.49. The van der Waals surface area contributed by atoms with Gasteiger partial charge in [-0.25, -0.2) is 8.78 Å². The third-order valence-electron chi connectivity index (χ3n) is 2.32. The van der Waals surface area contributed by atoms with Crippen LogP contribution < -0.4 is 5.32 Å². The molecule has 0 bridgehead atoms. The Morgan fingerprint density at radius 2 is 1.67 bits per heavy atom. The normalized spacial score (nSPS) is 10.1. The summed E-state index contributed by atoms with van der Waals surface area (Å²) in [5, 5.41) is 13.2. The van der Waals surface area contributed by atoms with E-state index >= 15 is 0 Å². The minimum absolute atomic E-state index is 0.0225. The van der Waals surface area contributed by atoms with Crippen molar-refractivity contribution in [2.24, 2.45) is 0 Å². The zero-order valence-corrected chi connectivity index (χ0v) is 9.06. The highest BCUT2D eigenvalue weighted by molar-refractivity contribution is 5.70. The fourth-order valence-electron chi connectivity index (χ4n) is 1.49. The van der Waals surface area contributed by atoms with Crippen LogP contribution in [0.2, 0.25) is 0 Å². The summed E-state index contributed by atoms with van der Waals surface area (Å²) < 4.78 is 26.9. The molecule has 0 aromatic heterocycles. The summed E-state index contributed by atoms with van der Waals surface area (Å²) in [7, 11) is 0. The van der Waals surface area contributed by atoms with Gasteiger partial charge in [-0.3, -0.25) is 10.1 Å². The maximum atomic E-state index is 13.5. The Morgan fingerprint density at radius 3 is 2.33 bits per heavy atom. The smallest absolute Gasteiger partial charge is 0.295 e. The molecule has 2 aromatic carbocycles. The second-order valence-electron chi connectivity index (χ2n) is 3.50. The molecule has 0 atom stereocenters. The van der Waals surface area contributed by atoms with Crippen LogP contribution in [0.1, 0.15) is 0 Å². The predicted molar refractivity (Wildman–Crippen MR) is 62.7 cm³/mol. The second-order valence-corrected chi connectivity index (χ2v) is 3.50. The number of nitro groups is 1. The van der Waals surface area contributed by atoms with Gasteiger partial charge in [0.15, 0.2) is 11.5 Å². The largest absolute Gasteiger partial charge is 0.345 e. The van der Waals surface area contributed by atoms with Gasteiger partial charge in [-0.2, -0.15) is 0 Å². The Labute approximate surface area is 101 Å². The second kappa shape index (κ2) is 4.79. The van der Waals surface area contributed by atoms with Crippen molar-refractivity contribution < 1.29 is 13.7 Å². The Bertz CT molecular complexity index is 602. The molecule has 0 aliphatic heterocycles. The van der Waals surface area contributed by atoms with E-state index in [2.05, 4.69) is 5.32 Å². The first kappa shape index (κ1) is 12.0. The Morgan fingerprint density at radius 1 is 1.00 bits per heavy atom. The molecule has 0 aliphatic rings. The molecule has 0 saturated carbocycles. The van der Waals surface area contributed by atoms with Crippen molar-refractivity contribution in [3.63, 3.8) is 0 Å². The van der Waals surface area contributed by atoms with Crippen molar-refractivity contribution in [2.75, 3.05) is 5.32 Å². The van der Waals surface area contributed by atoms with Crippen molar-refractivity contribution in [1.29, 1.82) is 0 Å². The number of rotatable bonds is 3. The fraction of sp³-hybridized carbons (Fsp3) is 0. The van der Waals surface area contributed by atoms with Gasteiger partial charge in [0, 0.05) is 6.07 Å². The van der Waals surface area contributed by atoms with Crippen LogP contribution in [0, 0.1) is 21.7 Å². The van der Waals surface area contributed by atoms with Crippen molar-refractivity contribution >= 4 is 17.1 Å². The number of hydrogen-bond donors (Lipinski definition) is 1. The van der Waals surface area contributed by atoms with Crippen LogP contribution in [0.4, 0.5) is 25.8 Å². The van der Waals surface area contributed by atoms with Crippen LogP contribution >= 0.6 is 0 Å². The highest BCUT2D eigenvalue weighted by Gasteiger charge is 2.18. The lowest BCUT2D eigenvalue weighted by Crippen LogP contribution is -2.01. The van der Waals surface area contributed by atoms with E-state index in [0.29, 0.717) is 0 Å². The van der Waals surface area contributed by atoms with E-state index in [1.165, 1.54) is 30.3 Å². The van der Waals surface area contributed by atoms with Crippen LogP contribution in [-0.4, -0.2) is 4.92 Å². The van der Waals surface area contributed by atoms with E-state index in [1.54, 1.807) is 0 Å². The molecule has 6 heteroatoms. The Hall–Kier alpha value is -2.50. The first-order valence-electron chi connectivity index (χ1n) is 5.04. The number of para-hydroxylation sites is 2. The molecule has 1 N–H and O–H groups in total. The number of benzene rings is 2. The molecule has 0 amide bonds. The molecule has 0 radical (unpaired) electrons. The van der Waals surface area contributed by atoms with Crippen molar-refractivity contribution in [2.45, 2.75) is 0 Å². The van der Waals surface area contributed by atoms with Crippen molar-refractivity contribution in [3.05, 3.63) is 64.2 Å². The van der Waals surface area contributed by atoms with Gasteiger partial charge in [-0.15, -0.1) is 0 Å². The predicted octanol–water partition coefficient (Wildman–Crippen LogP) is 3.62. The van der Waals surface area contributed by atoms with Crippen molar-refractivity contribution in [3.8, 4) is 0 Å². The summed E-state index contributed by atoms with van der Waals surface area (Å²) in [6.45, 7) is 0. The Balaban J connectivity index is 2.46. The molecule has 0 spiro atoms. The lowest BCUT2D eigenvalue weighted by molar-refractivity contribution is -0.384. The molecule has 0 unspecified atom stereocenters.